The van der Waals surface area contributed by atoms with Gasteiger partial charge in [-0.25, -0.2) is 8.42 Å². The molecular formula is C13H15Cl3O2S. The van der Waals surface area contributed by atoms with Gasteiger partial charge in [0.1, 0.15) is 0 Å². The topological polar surface area (TPSA) is 34.1 Å². The summed E-state index contributed by atoms with van der Waals surface area (Å²) in [7, 11) is -2.87. The Hall–Kier alpha value is 0.0400. The second-order valence-corrected chi connectivity index (χ2v) is 8.40. The van der Waals surface area contributed by atoms with Crippen molar-refractivity contribution in [3.05, 3.63) is 33.8 Å². The predicted octanol–water partition coefficient (Wildman–Crippen LogP) is 3.83. The van der Waals surface area contributed by atoms with Gasteiger partial charge in [-0.3, -0.25) is 0 Å². The summed E-state index contributed by atoms with van der Waals surface area (Å²) < 4.78 is 23.1. The van der Waals surface area contributed by atoms with Crippen LogP contribution in [0.2, 0.25) is 10.0 Å². The van der Waals surface area contributed by atoms with Crippen molar-refractivity contribution in [2.45, 2.75) is 12.8 Å². The highest BCUT2D eigenvalue weighted by atomic mass is 35.5. The van der Waals surface area contributed by atoms with E-state index in [0.29, 0.717) is 28.8 Å². The van der Waals surface area contributed by atoms with Crippen molar-refractivity contribution < 1.29 is 8.42 Å². The molecule has 2 unspecified atom stereocenters. The zero-order valence-electron chi connectivity index (χ0n) is 10.3. The molecule has 1 aromatic rings. The van der Waals surface area contributed by atoms with E-state index >= 15 is 0 Å². The molecule has 0 saturated carbocycles. The number of sulfone groups is 1. The van der Waals surface area contributed by atoms with Crippen molar-refractivity contribution in [3.8, 4) is 0 Å². The molecule has 1 fully saturated rings. The average Bonchev–Trinajstić information content (AvgIpc) is 2.69. The standard InChI is InChI=1S/C13H15Cl3O2S/c14-7-11(10-3-4-19(17,18)8-10)5-9-1-2-12(15)6-13(9)16/h1-2,6,10-11H,3-5,7-8H2. The lowest BCUT2D eigenvalue weighted by atomic mass is 9.88. The van der Waals surface area contributed by atoms with E-state index in [1.165, 1.54) is 0 Å². The molecule has 0 spiro atoms. The summed E-state index contributed by atoms with van der Waals surface area (Å²) in [6.07, 6.45) is 1.39. The van der Waals surface area contributed by atoms with Gasteiger partial charge in [0, 0.05) is 15.9 Å². The third kappa shape index (κ3) is 4.01. The van der Waals surface area contributed by atoms with E-state index in [2.05, 4.69) is 0 Å². The Balaban J connectivity index is 2.11. The Morgan fingerprint density at radius 3 is 2.58 bits per heavy atom. The van der Waals surface area contributed by atoms with Gasteiger partial charge in [-0.05, 0) is 42.4 Å². The lowest BCUT2D eigenvalue weighted by molar-refractivity contribution is 0.398. The van der Waals surface area contributed by atoms with Crippen LogP contribution in [0.5, 0.6) is 0 Å². The minimum Gasteiger partial charge on any atom is -0.229 e. The minimum atomic E-state index is -2.87. The van der Waals surface area contributed by atoms with Crippen molar-refractivity contribution in [1.29, 1.82) is 0 Å². The summed E-state index contributed by atoms with van der Waals surface area (Å²) in [6.45, 7) is 0. The van der Waals surface area contributed by atoms with Crippen LogP contribution in [-0.4, -0.2) is 25.8 Å². The molecule has 0 bridgehead atoms. The molecule has 0 aromatic heterocycles. The Morgan fingerprint density at radius 2 is 2.05 bits per heavy atom. The molecule has 1 aliphatic rings. The molecule has 0 N–H and O–H groups in total. The van der Waals surface area contributed by atoms with Crippen LogP contribution < -0.4 is 0 Å². The largest absolute Gasteiger partial charge is 0.229 e. The first-order chi connectivity index (χ1) is 8.91. The van der Waals surface area contributed by atoms with Gasteiger partial charge in [0.05, 0.1) is 11.5 Å². The van der Waals surface area contributed by atoms with Gasteiger partial charge >= 0.3 is 0 Å². The van der Waals surface area contributed by atoms with Crippen LogP contribution in [0.4, 0.5) is 0 Å². The fourth-order valence-corrected chi connectivity index (χ4v) is 5.28. The minimum absolute atomic E-state index is 0.134. The van der Waals surface area contributed by atoms with E-state index in [9.17, 15) is 8.42 Å². The molecule has 0 aliphatic carbocycles. The highest BCUT2D eigenvalue weighted by Gasteiger charge is 2.33. The Morgan fingerprint density at radius 1 is 1.32 bits per heavy atom. The lowest BCUT2D eigenvalue weighted by Crippen LogP contribution is -2.20. The van der Waals surface area contributed by atoms with E-state index in [4.69, 9.17) is 34.8 Å². The number of alkyl halides is 1. The monoisotopic (exact) mass is 340 g/mol. The molecule has 6 heteroatoms. The highest BCUT2D eigenvalue weighted by molar-refractivity contribution is 7.91. The van der Waals surface area contributed by atoms with Gasteiger partial charge in [-0.15, -0.1) is 11.6 Å². The smallest absolute Gasteiger partial charge is 0.150 e. The van der Waals surface area contributed by atoms with Gasteiger partial charge in [0.2, 0.25) is 0 Å². The van der Waals surface area contributed by atoms with Crippen LogP contribution in [0.3, 0.4) is 0 Å². The molecule has 2 rings (SSSR count). The van der Waals surface area contributed by atoms with Gasteiger partial charge < -0.3 is 0 Å². The van der Waals surface area contributed by atoms with E-state index < -0.39 is 9.84 Å². The molecule has 1 saturated heterocycles. The van der Waals surface area contributed by atoms with Crippen molar-refractivity contribution in [3.63, 3.8) is 0 Å². The van der Waals surface area contributed by atoms with Gasteiger partial charge in [-0.1, -0.05) is 29.3 Å². The maximum Gasteiger partial charge on any atom is 0.150 e. The summed E-state index contributed by atoms with van der Waals surface area (Å²) in [6, 6.07) is 5.38. The third-order valence-corrected chi connectivity index (χ3v) is 6.41. The van der Waals surface area contributed by atoms with E-state index in [0.717, 1.165) is 5.56 Å². The maximum absolute atomic E-state index is 11.5. The van der Waals surface area contributed by atoms with Crippen molar-refractivity contribution in [2.24, 2.45) is 11.8 Å². The average molecular weight is 342 g/mol. The molecular weight excluding hydrogens is 327 g/mol. The summed E-state index contributed by atoms with van der Waals surface area (Å²) in [5, 5.41) is 1.21. The van der Waals surface area contributed by atoms with Crippen LogP contribution >= 0.6 is 34.8 Å². The number of hydrogen-bond donors (Lipinski definition) is 0. The second kappa shape index (κ2) is 6.21. The molecule has 1 aliphatic heterocycles. The molecule has 19 heavy (non-hydrogen) atoms. The first-order valence-electron chi connectivity index (χ1n) is 6.11. The molecule has 1 heterocycles. The summed E-state index contributed by atoms with van der Waals surface area (Å²) in [5.41, 5.74) is 0.973. The van der Waals surface area contributed by atoms with E-state index in [1.807, 2.05) is 6.07 Å². The van der Waals surface area contributed by atoms with Crippen molar-refractivity contribution in [1.82, 2.24) is 0 Å². The van der Waals surface area contributed by atoms with E-state index in [-0.39, 0.29) is 23.3 Å². The molecule has 0 amide bonds. The third-order valence-electron chi connectivity index (χ3n) is 3.63. The normalized spacial score (nSPS) is 23.4. The Labute approximate surface area is 129 Å². The number of hydrogen-bond acceptors (Lipinski definition) is 2. The van der Waals surface area contributed by atoms with Crippen LogP contribution in [0.1, 0.15) is 12.0 Å². The zero-order chi connectivity index (χ0) is 14.0. The Bertz CT molecular complexity index is 557. The SMILES string of the molecule is O=S1(=O)CCC(C(CCl)Cc2ccc(Cl)cc2Cl)C1. The van der Waals surface area contributed by atoms with Gasteiger partial charge in [0.15, 0.2) is 9.84 Å². The highest BCUT2D eigenvalue weighted by Crippen LogP contribution is 2.32. The van der Waals surface area contributed by atoms with Crippen LogP contribution in [0.15, 0.2) is 18.2 Å². The quantitative estimate of drug-likeness (QED) is 0.780. The first kappa shape index (κ1) is 15.4. The number of rotatable bonds is 4. The van der Waals surface area contributed by atoms with Crippen LogP contribution in [0, 0.1) is 11.8 Å². The van der Waals surface area contributed by atoms with Crippen molar-refractivity contribution >= 4 is 44.6 Å². The summed E-state index contributed by atoms with van der Waals surface area (Å²) in [5.74, 6) is 1.24. The zero-order valence-corrected chi connectivity index (χ0v) is 13.4. The Kier molecular flexibility index (Phi) is 5.04. The molecule has 1 aromatic carbocycles. The van der Waals surface area contributed by atoms with Crippen LogP contribution in [-0.2, 0) is 16.3 Å². The van der Waals surface area contributed by atoms with Crippen molar-refractivity contribution in [2.75, 3.05) is 17.4 Å². The summed E-state index contributed by atoms with van der Waals surface area (Å²) >= 11 is 18.0. The number of halogens is 3. The second-order valence-electron chi connectivity index (χ2n) is 5.02. The van der Waals surface area contributed by atoms with Gasteiger partial charge in [-0.2, -0.15) is 0 Å². The fraction of sp³-hybridized carbons (Fsp3) is 0.538. The predicted molar refractivity (Wildman–Crippen MR) is 81.1 cm³/mol. The molecule has 106 valence electrons. The molecule has 2 atom stereocenters. The lowest BCUT2D eigenvalue weighted by Gasteiger charge is -2.20. The van der Waals surface area contributed by atoms with Crippen LogP contribution in [0.25, 0.3) is 0 Å². The molecule has 0 radical (unpaired) electrons. The number of benzene rings is 1. The molecule has 2 nitrogen and oxygen atoms in total. The summed E-state index contributed by atoms with van der Waals surface area (Å²) in [4.78, 5) is 0. The van der Waals surface area contributed by atoms with E-state index in [1.54, 1.807) is 12.1 Å². The fourth-order valence-electron chi connectivity index (χ4n) is 2.51. The van der Waals surface area contributed by atoms with Gasteiger partial charge in [0.25, 0.3) is 0 Å². The first-order valence-corrected chi connectivity index (χ1v) is 9.23. The maximum atomic E-state index is 11.5.